The highest BCUT2D eigenvalue weighted by molar-refractivity contribution is 5.76. The molecule has 0 aromatic heterocycles. The predicted octanol–water partition coefficient (Wildman–Crippen LogP) is 0.309. The number of nitrogens with one attached hydrogen (secondary N) is 1. The molecule has 1 amide bonds. The number of carbonyl (C=O) groups excluding carboxylic acids is 1. The lowest BCUT2D eigenvalue weighted by molar-refractivity contribution is -0.132. The Labute approximate surface area is 116 Å². The standard InChI is InChI=1S/C14H27N3O2/c1-2-16(12-13-4-3-11-19-13)8-5-14(18)17-9-6-15-7-10-17/h13,15H,2-12H2,1H3. The molecule has 2 fully saturated rings. The van der Waals surface area contributed by atoms with Crippen molar-refractivity contribution in [2.24, 2.45) is 0 Å². The normalized spacial score (nSPS) is 24.1. The van der Waals surface area contributed by atoms with Crippen LogP contribution >= 0.6 is 0 Å². The highest BCUT2D eigenvalue weighted by Crippen LogP contribution is 2.13. The molecule has 5 nitrogen and oxygen atoms in total. The van der Waals surface area contributed by atoms with E-state index in [1.807, 2.05) is 4.90 Å². The molecule has 0 saturated carbocycles. The van der Waals surface area contributed by atoms with Gasteiger partial charge in [-0.05, 0) is 19.4 Å². The molecule has 1 unspecified atom stereocenters. The van der Waals surface area contributed by atoms with E-state index in [-0.39, 0.29) is 0 Å². The van der Waals surface area contributed by atoms with Gasteiger partial charge in [0.25, 0.3) is 0 Å². The first-order chi connectivity index (χ1) is 9.29. The fourth-order valence-electron chi connectivity index (χ4n) is 2.78. The lowest BCUT2D eigenvalue weighted by atomic mass is 10.2. The second-order valence-corrected chi connectivity index (χ2v) is 5.41. The molecule has 5 heteroatoms. The molecule has 0 aromatic rings. The first kappa shape index (κ1) is 14.8. The van der Waals surface area contributed by atoms with Crippen molar-refractivity contribution in [1.29, 1.82) is 0 Å². The van der Waals surface area contributed by atoms with Gasteiger partial charge in [-0.15, -0.1) is 0 Å². The Morgan fingerprint density at radius 1 is 1.42 bits per heavy atom. The van der Waals surface area contributed by atoms with Gasteiger partial charge in [0.1, 0.15) is 0 Å². The molecule has 2 rings (SSSR count). The summed E-state index contributed by atoms with van der Waals surface area (Å²) in [4.78, 5) is 16.4. The SMILES string of the molecule is CCN(CCC(=O)N1CCNCC1)CC1CCCO1. The fraction of sp³-hybridized carbons (Fsp3) is 0.929. The fourth-order valence-corrected chi connectivity index (χ4v) is 2.78. The maximum absolute atomic E-state index is 12.1. The summed E-state index contributed by atoms with van der Waals surface area (Å²) in [6.07, 6.45) is 3.37. The lowest BCUT2D eigenvalue weighted by Crippen LogP contribution is -2.47. The van der Waals surface area contributed by atoms with Crippen LogP contribution in [0.25, 0.3) is 0 Å². The Bertz CT molecular complexity index is 274. The van der Waals surface area contributed by atoms with Gasteiger partial charge in [0.05, 0.1) is 6.10 Å². The minimum absolute atomic E-state index is 0.298. The maximum Gasteiger partial charge on any atom is 0.223 e. The Hall–Kier alpha value is -0.650. The van der Waals surface area contributed by atoms with Crippen molar-refractivity contribution < 1.29 is 9.53 Å². The van der Waals surface area contributed by atoms with Crippen LogP contribution < -0.4 is 5.32 Å². The second kappa shape index (κ2) is 7.82. The van der Waals surface area contributed by atoms with E-state index in [0.717, 1.165) is 52.4 Å². The molecule has 0 radical (unpaired) electrons. The zero-order chi connectivity index (χ0) is 13.5. The van der Waals surface area contributed by atoms with Crippen LogP contribution in [0.5, 0.6) is 0 Å². The van der Waals surface area contributed by atoms with E-state index < -0.39 is 0 Å². The summed E-state index contributed by atoms with van der Waals surface area (Å²) in [5.74, 6) is 0.298. The molecule has 0 aromatic carbocycles. The van der Waals surface area contributed by atoms with Gasteiger partial charge < -0.3 is 19.9 Å². The first-order valence-corrected chi connectivity index (χ1v) is 7.62. The van der Waals surface area contributed by atoms with Crippen LogP contribution in [0.1, 0.15) is 26.2 Å². The molecule has 2 heterocycles. The van der Waals surface area contributed by atoms with E-state index in [0.29, 0.717) is 18.4 Å². The van der Waals surface area contributed by atoms with Crippen molar-refractivity contribution in [2.75, 3.05) is 52.4 Å². The Kier molecular flexibility index (Phi) is 6.07. The molecular formula is C14H27N3O2. The van der Waals surface area contributed by atoms with Gasteiger partial charge in [0.2, 0.25) is 5.91 Å². The second-order valence-electron chi connectivity index (χ2n) is 5.41. The number of ether oxygens (including phenoxy) is 1. The van der Waals surface area contributed by atoms with Gasteiger partial charge >= 0.3 is 0 Å². The molecule has 2 aliphatic rings. The molecule has 0 aliphatic carbocycles. The van der Waals surface area contributed by atoms with Gasteiger partial charge in [-0.25, -0.2) is 0 Å². The number of amides is 1. The van der Waals surface area contributed by atoms with Crippen LogP contribution in [0.3, 0.4) is 0 Å². The molecule has 0 spiro atoms. The van der Waals surface area contributed by atoms with Gasteiger partial charge in [-0.2, -0.15) is 0 Å². The third kappa shape index (κ3) is 4.75. The van der Waals surface area contributed by atoms with E-state index in [1.54, 1.807) is 0 Å². The minimum atomic E-state index is 0.298. The Balaban J connectivity index is 1.67. The third-order valence-corrected chi connectivity index (χ3v) is 4.04. The van der Waals surface area contributed by atoms with Crippen LogP contribution in [0.15, 0.2) is 0 Å². The van der Waals surface area contributed by atoms with Crippen molar-refractivity contribution >= 4 is 5.91 Å². The number of likely N-dealkylation sites (N-methyl/N-ethyl adjacent to an activating group) is 1. The van der Waals surface area contributed by atoms with E-state index in [9.17, 15) is 4.79 Å². The van der Waals surface area contributed by atoms with Gasteiger partial charge in [-0.1, -0.05) is 6.92 Å². The average molecular weight is 269 g/mol. The zero-order valence-electron chi connectivity index (χ0n) is 12.1. The summed E-state index contributed by atoms with van der Waals surface area (Å²) >= 11 is 0. The van der Waals surface area contributed by atoms with Gasteiger partial charge in [0, 0.05) is 52.3 Å². The van der Waals surface area contributed by atoms with Crippen molar-refractivity contribution in [2.45, 2.75) is 32.3 Å². The van der Waals surface area contributed by atoms with Crippen LogP contribution in [0, 0.1) is 0 Å². The van der Waals surface area contributed by atoms with E-state index >= 15 is 0 Å². The Morgan fingerprint density at radius 2 is 2.21 bits per heavy atom. The molecular weight excluding hydrogens is 242 g/mol. The van der Waals surface area contributed by atoms with Crippen LogP contribution in [-0.4, -0.2) is 74.2 Å². The van der Waals surface area contributed by atoms with Crippen molar-refractivity contribution in [3.05, 3.63) is 0 Å². The number of piperazine rings is 1. The average Bonchev–Trinajstić information content (AvgIpc) is 2.97. The van der Waals surface area contributed by atoms with Crippen molar-refractivity contribution in [1.82, 2.24) is 15.1 Å². The van der Waals surface area contributed by atoms with Gasteiger partial charge in [0.15, 0.2) is 0 Å². The summed E-state index contributed by atoms with van der Waals surface area (Å²) in [5.41, 5.74) is 0. The topological polar surface area (TPSA) is 44.8 Å². The van der Waals surface area contributed by atoms with Crippen molar-refractivity contribution in [3.8, 4) is 0 Å². The predicted molar refractivity (Wildman–Crippen MR) is 75.2 cm³/mol. The maximum atomic E-state index is 12.1. The highest BCUT2D eigenvalue weighted by Gasteiger charge is 2.20. The minimum Gasteiger partial charge on any atom is -0.377 e. The molecule has 2 aliphatic heterocycles. The van der Waals surface area contributed by atoms with Gasteiger partial charge in [-0.3, -0.25) is 4.79 Å². The first-order valence-electron chi connectivity index (χ1n) is 7.62. The molecule has 1 atom stereocenters. The quantitative estimate of drug-likeness (QED) is 0.754. The summed E-state index contributed by atoms with van der Waals surface area (Å²) < 4.78 is 5.66. The summed E-state index contributed by atoms with van der Waals surface area (Å²) in [6, 6.07) is 0. The largest absolute Gasteiger partial charge is 0.377 e. The summed E-state index contributed by atoms with van der Waals surface area (Å²) in [5, 5.41) is 3.27. The number of nitrogens with zero attached hydrogens (tertiary/aromatic N) is 2. The zero-order valence-corrected chi connectivity index (χ0v) is 12.1. The lowest BCUT2D eigenvalue weighted by Gasteiger charge is -2.29. The molecule has 110 valence electrons. The van der Waals surface area contributed by atoms with E-state index in [1.165, 1.54) is 12.8 Å². The van der Waals surface area contributed by atoms with Crippen LogP contribution in [-0.2, 0) is 9.53 Å². The monoisotopic (exact) mass is 269 g/mol. The highest BCUT2D eigenvalue weighted by atomic mass is 16.5. The van der Waals surface area contributed by atoms with E-state index in [4.69, 9.17) is 4.74 Å². The molecule has 0 bridgehead atoms. The van der Waals surface area contributed by atoms with Crippen LogP contribution in [0.4, 0.5) is 0 Å². The smallest absolute Gasteiger partial charge is 0.223 e. The summed E-state index contributed by atoms with van der Waals surface area (Å²) in [7, 11) is 0. The van der Waals surface area contributed by atoms with Crippen molar-refractivity contribution in [3.63, 3.8) is 0 Å². The Morgan fingerprint density at radius 3 is 2.84 bits per heavy atom. The number of rotatable bonds is 6. The van der Waals surface area contributed by atoms with Crippen LogP contribution in [0.2, 0.25) is 0 Å². The molecule has 2 saturated heterocycles. The number of carbonyl (C=O) groups is 1. The van der Waals surface area contributed by atoms with E-state index in [2.05, 4.69) is 17.1 Å². The molecule has 1 N–H and O–H groups in total. The molecule has 19 heavy (non-hydrogen) atoms. The third-order valence-electron chi connectivity index (χ3n) is 4.04. The number of hydrogen-bond donors (Lipinski definition) is 1. The summed E-state index contributed by atoms with van der Waals surface area (Å²) in [6.45, 7) is 9.47. The number of hydrogen-bond acceptors (Lipinski definition) is 4.